The fourth-order valence-corrected chi connectivity index (χ4v) is 2.43. The number of carbonyl (C=O) groups excluding carboxylic acids is 1. The quantitative estimate of drug-likeness (QED) is 0.534. The second kappa shape index (κ2) is 6.51. The number of nitrogens with zero attached hydrogens (tertiary/aromatic N) is 3. The van der Waals surface area contributed by atoms with E-state index in [9.17, 15) is 4.79 Å². The molecule has 2 rings (SSSR count). The first-order chi connectivity index (χ1) is 9.62. The predicted molar refractivity (Wildman–Crippen MR) is 78.3 cm³/mol. The van der Waals surface area contributed by atoms with E-state index in [0.29, 0.717) is 5.82 Å². The molecule has 1 aliphatic rings. The minimum Gasteiger partial charge on any atom is -0.354 e. The molecule has 110 valence electrons. The number of hydrogen-bond donors (Lipinski definition) is 3. The maximum absolute atomic E-state index is 11.1. The third kappa shape index (κ3) is 3.57. The molecule has 0 aliphatic carbocycles. The van der Waals surface area contributed by atoms with Gasteiger partial charge in [-0.15, -0.1) is 0 Å². The first-order valence-corrected chi connectivity index (χ1v) is 6.99. The average Bonchev–Trinajstić information content (AvgIpc) is 2.86. The van der Waals surface area contributed by atoms with E-state index in [0.717, 1.165) is 44.0 Å². The maximum atomic E-state index is 11.1. The Morgan fingerprint density at radius 1 is 1.55 bits per heavy atom. The van der Waals surface area contributed by atoms with Crippen molar-refractivity contribution in [3.8, 4) is 0 Å². The molecule has 0 bridgehead atoms. The molecule has 1 fully saturated rings. The van der Waals surface area contributed by atoms with Crippen LogP contribution < -0.4 is 21.5 Å². The lowest BCUT2D eigenvalue weighted by atomic mass is 10.2. The molecule has 7 nitrogen and oxygen atoms in total. The average molecular weight is 278 g/mol. The van der Waals surface area contributed by atoms with E-state index in [1.807, 2.05) is 6.07 Å². The van der Waals surface area contributed by atoms with Crippen molar-refractivity contribution in [3.05, 3.63) is 11.9 Å². The summed E-state index contributed by atoms with van der Waals surface area (Å²) >= 11 is 0. The molecule has 0 radical (unpaired) electrons. The van der Waals surface area contributed by atoms with Gasteiger partial charge in [0.15, 0.2) is 0 Å². The zero-order valence-electron chi connectivity index (χ0n) is 12.0. The van der Waals surface area contributed by atoms with E-state index in [4.69, 9.17) is 5.84 Å². The van der Waals surface area contributed by atoms with Gasteiger partial charge >= 0.3 is 0 Å². The Morgan fingerprint density at radius 3 is 3.00 bits per heavy atom. The van der Waals surface area contributed by atoms with Gasteiger partial charge in [0.2, 0.25) is 5.91 Å². The van der Waals surface area contributed by atoms with E-state index in [-0.39, 0.29) is 11.9 Å². The number of nitrogen functional groups attached to an aromatic ring is 1. The summed E-state index contributed by atoms with van der Waals surface area (Å²) in [5.74, 6) is 7.75. The van der Waals surface area contributed by atoms with E-state index in [1.165, 1.54) is 0 Å². The number of rotatable bonds is 5. The van der Waals surface area contributed by atoms with Crippen LogP contribution in [0.5, 0.6) is 0 Å². The fourth-order valence-electron chi connectivity index (χ4n) is 2.43. The fraction of sp³-hybridized carbons (Fsp3) is 0.615. The van der Waals surface area contributed by atoms with Gasteiger partial charge in [0.25, 0.3) is 0 Å². The molecule has 1 unspecified atom stereocenters. The van der Waals surface area contributed by atoms with Crippen LogP contribution in [0, 0.1) is 0 Å². The van der Waals surface area contributed by atoms with Crippen molar-refractivity contribution in [2.75, 3.05) is 23.4 Å². The Bertz CT molecular complexity index is 478. The predicted octanol–water partition coefficient (Wildman–Crippen LogP) is 0.430. The lowest BCUT2D eigenvalue weighted by molar-refractivity contribution is -0.119. The molecule has 20 heavy (non-hydrogen) atoms. The van der Waals surface area contributed by atoms with Gasteiger partial charge in [0.05, 0.1) is 0 Å². The summed E-state index contributed by atoms with van der Waals surface area (Å²) in [5, 5.41) is 2.95. The van der Waals surface area contributed by atoms with Gasteiger partial charge in [0.1, 0.15) is 17.5 Å². The van der Waals surface area contributed by atoms with Crippen LogP contribution in [-0.2, 0) is 11.2 Å². The lowest BCUT2D eigenvalue weighted by Crippen LogP contribution is -2.35. The number of hydrazine groups is 1. The second-order valence-corrected chi connectivity index (χ2v) is 5.05. The number of anilines is 2. The molecule has 4 N–H and O–H groups in total. The Balaban J connectivity index is 2.12. The highest BCUT2D eigenvalue weighted by atomic mass is 16.1. The van der Waals surface area contributed by atoms with Crippen LogP contribution >= 0.6 is 0 Å². The SMILES string of the molecule is CCCc1nc(NN)cc(N2CCC(NC(C)=O)C2)n1. The van der Waals surface area contributed by atoms with Crippen molar-refractivity contribution >= 4 is 17.5 Å². The standard InChI is InChI=1S/C13H22N6O/c1-3-4-11-16-12(18-14)7-13(17-11)19-6-5-10(8-19)15-9(2)20/h7,10H,3-6,8,14H2,1-2H3,(H,15,20)(H,16,17,18). The molecular formula is C13H22N6O. The van der Waals surface area contributed by atoms with E-state index < -0.39 is 0 Å². The number of amides is 1. The van der Waals surface area contributed by atoms with Gasteiger partial charge in [-0.25, -0.2) is 15.8 Å². The van der Waals surface area contributed by atoms with Crippen molar-refractivity contribution in [3.63, 3.8) is 0 Å². The topological polar surface area (TPSA) is 96.2 Å². The molecule has 1 amide bonds. The summed E-state index contributed by atoms with van der Waals surface area (Å²) in [6.45, 7) is 5.28. The van der Waals surface area contributed by atoms with E-state index in [1.54, 1.807) is 6.92 Å². The Morgan fingerprint density at radius 2 is 2.35 bits per heavy atom. The highest BCUT2D eigenvalue weighted by Crippen LogP contribution is 2.21. The van der Waals surface area contributed by atoms with Gasteiger partial charge in [-0.05, 0) is 12.8 Å². The van der Waals surface area contributed by atoms with Gasteiger partial charge in [0, 0.05) is 38.5 Å². The first-order valence-electron chi connectivity index (χ1n) is 6.99. The molecule has 1 saturated heterocycles. The summed E-state index contributed by atoms with van der Waals surface area (Å²) < 4.78 is 0. The lowest BCUT2D eigenvalue weighted by Gasteiger charge is -2.19. The zero-order valence-corrected chi connectivity index (χ0v) is 12.0. The van der Waals surface area contributed by atoms with Gasteiger partial charge in [-0.2, -0.15) is 0 Å². The third-order valence-electron chi connectivity index (χ3n) is 3.30. The normalized spacial score (nSPS) is 18.1. The summed E-state index contributed by atoms with van der Waals surface area (Å²) in [5.41, 5.74) is 2.59. The Kier molecular flexibility index (Phi) is 4.73. The molecule has 1 atom stereocenters. The zero-order chi connectivity index (χ0) is 14.5. The minimum atomic E-state index is 0.00974. The Hall–Kier alpha value is -1.89. The summed E-state index contributed by atoms with van der Waals surface area (Å²) in [6.07, 6.45) is 2.74. The van der Waals surface area contributed by atoms with E-state index in [2.05, 4.69) is 32.5 Å². The van der Waals surface area contributed by atoms with Crippen LogP contribution in [0.2, 0.25) is 0 Å². The number of nitrogens with two attached hydrogens (primary N) is 1. The van der Waals surface area contributed by atoms with Gasteiger partial charge in [-0.3, -0.25) is 4.79 Å². The summed E-state index contributed by atoms with van der Waals surface area (Å²) in [6, 6.07) is 2.03. The summed E-state index contributed by atoms with van der Waals surface area (Å²) in [4.78, 5) is 22.2. The van der Waals surface area contributed by atoms with Gasteiger partial charge < -0.3 is 15.6 Å². The number of nitrogens with one attached hydrogen (secondary N) is 2. The van der Waals surface area contributed by atoms with Crippen molar-refractivity contribution in [1.29, 1.82) is 0 Å². The number of aryl methyl sites for hydroxylation is 1. The van der Waals surface area contributed by atoms with Crippen LogP contribution in [0.4, 0.5) is 11.6 Å². The largest absolute Gasteiger partial charge is 0.354 e. The molecule has 2 heterocycles. The minimum absolute atomic E-state index is 0.00974. The van der Waals surface area contributed by atoms with Crippen molar-refractivity contribution in [1.82, 2.24) is 15.3 Å². The Labute approximate surface area is 118 Å². The molecule has 0 aromatic carbocycles. The monoisotopic (exact) mass is 278 g/mol. The van der Waals surface area contributed by atoms with Gasteiger partial charge in [-0.1, -0.05) is 6.92 Å². The third-order valence-corrected chi connectivity index (χ3v) is 3.30. The molecular weight excluding hydrogens is 256 g/mol. The molecule has 1 aromatic rings. The highest BCUT2D eigenvalue weighted by Gasteiger charge is 2.24. The number of carbonyl (C=O) groups is 1. The number of aromatic nitrogens is 2. The molecule has 0 saturated carbocycles. The van der Waals surface area contributed by atoms with Crippen molar-refractivity contribution in [2.45, 2.75) is 39.2 Å². The van der Waals surface area contributed by atoms with Crippen LogP contribution in [0.1, 0.15) is 32.5 Å². The molecule has 0 spiro atoms. The smallest absolute Gasteiger partial charge is 0.217 e. The number of hydrogen-bond acceptors (Lipinski definition) is 6. The van der Waals surface area contributed by atoms with Crippen LogP contribution in [-0.4, -0.2) is 35.0 Å². The second-order valence-electron chi connectivity index (χ2n) is 5.05. The molecule has 7 heteroatoms. The van der Waals surface area contributed by atoms with Crippen LogP contribution in [0.25, 0.3) is 0 Å². The van der Waals surface area contributed by atoms with Crippen molar-refractivity contribution in [2.24, 2.45) is 5.84 Å². The first kappa shape index (κ1) is 14.5. The molecule has 1 aliphatic heterocycles. The molecule has 1 aromatic heterocycles. The van der Waals surface area contributed by atoms with E-state index >= 15 is 0 Å². The summed E-state index contributed by atoms with van der Waals surface area (Å²) in [7, 11) is 0. The van der Waals surface area contributed by atoms with Crippen molar-refractivity contribution < 1.29 is 4.79 Å². The maximum Gasteiger partial charge on any atom is 0.217 e. The van der Waals surface area contributed by atoms with Crippen LogP contribution in [0.15, 0.2) is 6.07 Å². The highest BCUT2D eigenvalue weighted by molar-refractivity contribution is 5.73. The van der Waals surface area contributed by atoms with Crippen LogP contribution in [0.3, 0.4) is 0 Å².